The Morgan fingerprint density at radius 1 is 1.42 bits per heavy atom. The van der Waals surface area contributed by atoms with E-state index in [0.29, 0.717) is 17.9 Å². The first-order valence-corrected chi connectivity index (χ1v) is 7.36. The van der Waals surface area contributed by atoms with E-state index >= 15 is 0 Å². The average molecular weight is 263 g/mol. The largest absolute Gasteiger partial charge is 0.508 e. The smallest absolute Gasteiger partial charge is 0.120 e. The lowest BCUT2D eigenvalue weighted by Gasteiger charge is -2.25. The number of nitrogens with one attached hydrogen (secondary N) is 1. The fraction of sp³-hybridized carbons (Fsp3) is 0.625. The second-order valence-electron chi connectivity index (χ2n) is 5.46. The average Bonchev–Trinajstić information content (AvgIpc) is 2.89. The summed E-state index contributed by atoms with van der Waals surface area (Å²) in [6.07, 6.45) is 4.79. The van der Waals surface area contributed by atoms with E-state index in [0.717, 1.165) is 25.0 Å². The van der Waals surface area contributed by atoms with Gasteiger partial charge in [-0.15, -0.1) is 0 Å². The first kappa shape index (κ1) is 14.4. The Hall–Kier alpha value is -1.06. The van der Waals surface area contributed by atoms with Crippen molar-refractivity contribution in [2.45, 2.75) is 57.7 Å². The third-order valence-electron chi connectivity index (χ3n) is 3.85. The van der Waals surface area contributed by atoms with E-state index in [-0.39, 0.29) is 6.04 Å². The Morgan fingerprint density at radius 2 is 2.21 bits per heavy atom. The minimum Gasteiger partial charge on any atom is -0.508 e. The lowest BCUT2D eigenvalue weighted by molar-refractivity contribution is 0.0948. The third kappa shape index (κ3) is 3.95. The summed E-state index contributed by atoms with van der Waals surface area (Å²) in [7, 11) is 0. The van der Waals surface area contributed by atoms with Crippen LogP contribution < -0.4 is 5.32 Å². The minimum atomic E-state index is 0.206. The topological polar surface area (TPSA) is 41.5 Å². The molecule has 1 aliphatic rings. The van der Waals surface area contributed by atoms with Crippen molar-refractivity contribution in [1.82, 2.24) is 5.32 Å². The maximum absolute atomic E-state index is 9.94. The molecule has 0 spiro atoms. The molecule has 0 aliphatic carbocycles. The Bertz CT molecular complexity index is 388. The van der Waals surface area contributed by atoms with Gasteiger partial charge in [0.05, 0.1) is 6.10 Å². The molecule has 0 saturated carbocycles. The van der Waals surface area contributed by atoms with Crippen LogP contribution in [0.5, 0.6) is 5.75 Å². The van der Waals surface area contributed by atoms with Gasteiger partial charge in [-0.2, -0.15) is 0 Å². The van der Waals surface area contributed by atoms with Crippen LogP contribution in [0.2, 0.25) is 0 Å². The van der Waals surface area contributed by atoms with E-state index in [1.165, 1.54) is 12.8 Å². The van der Waals surface area contributed by atoms with Crippen molar-refractivity contribution in [3.63, 3.8) is 0 Å². The van der Waals surface area contributed by atoms with Crippen molar-refractivity contribution in [2.75, 3.05) is 6.61 Å². The highest BCUT2D eigenvalue weighted by atomic mass is 16.5. The van der Waals surface area contributed by atoms with Crippen molar-refractivity contribution in [3.8, 4) is 5.75 Å². The summed E-state index contributed by atoms with van der Waals surface area (Å²) in [5, 5.41) is 13.6. The second kappa shape index (κ2) is 6.92. The van der Waals surface area contributed by atoms with Gasteiger partial charge in [-0.25, -0.2) is 0 Å². The van der Waals surface area contributed by atoms with Crippen LogP contribution in [0.15, 0.2) is 24.3 Å². The molecule has 3 nitrogen and oxygen atoms in total. The predicted molar refractivity (Wildman–Crippen MR) is 77.3 cm³/mol. The maximum atomic E-state index is 9.94. The van der Waals surface area contributed by atoms with Gasteiger partial charge < -0.3 is 15.2 Å². The molecule has 2 N–H and O–H groups in total. The number of aromatic hydroxyl groups is 1. The van der Waals surface area contributed by atoms with E-state index < -0.39 is 0 Å². The van der Waals surface area contributed by atoms with Crippen LogP contribution in [0.25, 0.3) is 0 Å². The maximum Gasteiger partial charge on any atom is 0.120 e. The van der Waals surface area contributed by atoms with Gasteiger partial charge in [0.25, 0.3) is 0 Å². The van der Waals surface area contributed by atoms with Crippen molar-refractivity contribution in [2.24, 2.45) is 0 Å². The number of ether oxygens (including phenoxy) is 1. The molecule has 1 aromatic rings. The highest BCUT2D eigenvalue weighted by Crippen LogP contribution is 2.27. The Balaban J connectivity index is 1.93. The molecule has 2 rings (SSSR count). The third-order valence-corrected chi connectivity index (χ3v) is 3.85. The first-order valence-electron chi connectivity index (χ1n) is 7.36. The van der Waals surface area contributed by atoms with E-state index in [4.69, 9.17) is 4.74 Å². The zero-order valence-corrected chi connectivity index (χ0v) is 11.9. The van der Waals surface area contributed by atoms with Crippen molar-refractivity contribution in [1.29, 1.82) is 0 Å². The summed E-state index contributed by atoms with van der Waals surface area (Å²) < 4.78 is 5.68. The normalized spacial score (nSPS) is 22.3. The molecule has 1 aromatic carbocycles. The minimum absolute atomic E-state index is 0.206. The SMILES string of the molecule is CCC(NC(C)CC1CCCO1)c1ccccc1O. The highest BCUT2D eigenvalue weighted by molar-refractivity contribution is 5.34. The molecule has 3 atom stereocenters. The van der Waals surface area contributed by atoms with Crippen LogP contribution in [0.4, 0.5) is 0 Å². The molecule has 0 amide bonds. The van der Waals surface area contributed by atoms with E-state index in [1.807, 2.05) is 18.2 Å². The zero-order valence-electron chi connectivity index (χ0n) is 11.9. The first-order chi connectivity index (χ1) is 9.20. The van der Waals surface area contributed by atoms with Crippen LogP contribution in [-0.2, 0) is 4.74 Å². The lowest BCUT2D eigenvalue weighted by Crippen LogP contribution is -2.33. The van der Waals surface area contributed by atoms with E-state index in [9.17, 15) is 5.11 Å². The number of para-hydroxylation sites is 1. The molecule has 106 valence electrons. The van der Waals surface area contributed by atoms with Gasteiger partial charge in [-0.1, -0.05) is 25.1 Å². The summed E-state index contributed by atoms with van der Waals surface area (Å²) in [5.74, 6) is 0.381. The van der Waals surface area contributed by atoms with Gasteiger partial charge in [-0.3, -0.25) is 0 Å². The van der Waals surface area contributed by atoms with Gasteiger partial charge in [-0.05, 0) is 38.7 Å². The summed E-state index contributed by atoms with van der Waals surface area (Å²) in [6.45, 7) is 5.25. The summed E-state index contributed by atoms with van der Waals surface area (Å²) in [4.78, 5) is 0. The summed E-state index contributed by atoms with van der Waals surface area (Å²) in [6, 6.07) is 8.19. The van der Waals surface area contributed by atoms with Gasteiger partial charge in [0.1, 0.15) is 5.75 Å². The number of phenolic OH excluding ortho intramolecular Hbond substituents is 1. The fourth-order valence-electron chi connectivity index (χ4n) is 2.85. The van der Waals surface area contributed by atoms with Crippen LogP contribution in [0.1, 0.15) is 51.1 Å². The Labute approximate surface area is 116 Å². The molecule has 1 saturated heterocycles. The predicted octanol–water partition coefficient (Wildman–Crippen LogP) is 3.39. The number of rotatable bonds is 6. The summed E-state index contributed by atoms with van der Waals surface area (Å²) in [5.41, 5.74) is 0.990. The molecule has 19 heavy (non-hydrogen) atoms. The molecule has 1 heterocycles. The Morgan fingerprint density at radius 3 is 2.84 bits per heavy atom. The van der Waals surface area contributed by atoms with Crippen molar-refractivity contribution >= 4 is 0 Å². The molecule has 0 aromatic heterocycles. The second-order valence-corrected chi connectivity index (χ2v) is 5.46. The number of phenols is 1. The molecular weight excluding hydrogens is 238 g/mol. The molecule has 3 heteroatoms. The monoisotopic (exact) mass is 263 g/mol. The van der Waals surface area contributed by atoms with Crippen LogP contribution >= 0.6 is 0 Å². The number of benzene rings is 1. The summed E-state index contributed by atoms with van der Waals surface area (Å²) >= 11 is 0. The molecule has 1 fully saturated rings. The van der Waals surface area contributed by atoms with Gasteiger partial charge in [0.15, 0.2) is 0 Å². The Kier molecular flexibility index (Phi) is 5.23. The standard InChI is InChI=1S/C16H25NO2/c1-3-15(14-8-4-5-9-16(14)18)17-12(2)11-13-7-6-10-19-13/h4-5,8-9,12-13,15,17-18H,3,6-7,10-11H2,1-2H3. The van der Waals surface area contributed by atoms with E-state index in [1.54, 1.807) is 6.07 Å². The molecule has 1 aliphatic heterocycles. The fourth-order valence-corrected chi connectivity index (χ4v) is 2.85. The van der Waals surface area contributed by atoms with E-state index in [2.05, 4.69) is 19.2 Å². The van der Waals surface area contributed by atoms with Gasteiger partial charge in [0, 0.05) is 24.3 Å². The van der Waals surface area contributed by atoms with Crippen molar-refractivity contribution < 1.29 is 9.84 Å². The highest BCUT2D eigenvalue weighted by Gasteiger charge is 2.21. The molecule has 0 bridgehead atoms. The van der Waals surface area contributed by atoms with Crippen LogP contribution in [0, 0.1) is 0 Å². The molecule has 0 radical (unpaired) electrons. The number of hydrogen-bond donors (Lipinski definition) is 2. The zero-order chi connectivity index (χ0) is 13.7. The van der Waals surface area contributed by atoms with Gasteiger partial charge in [0.2, 0.25) is 0 Å². The molecular formula is C16H25NO2. The van der Waals surface area contributed by atoms with Crippen molar-refractivity contribution in [3.05, 3.63) is 29.8 Å². The van der Waals surface area contributed by atoms with Crippen LogP contribution in [0.3, 0.4) is 0 Å². The molecule has 3 unspecified atom stereocenters. The lowest BCUT2D eigenvalue weighted by atomic mass is 10.0. The van der Waals surface area contributed by atoms with Gasteiger partial charge >= 0.3 is 0 Å². The quantitative estimate of drug-likeness (QED) is 0.826. The van der Waals surface area contributed by atoms with Crippen LogP contribution in [-0.4, -0.2) is 23.9 Å². The number of hydrogen-bond acceptors (Lipinski definition) is 3.